The maximum absolute atomic E-state index is 13.9. The van der Waals surface area contributed by atoms with Crippen LogP contribution in [0.15, 0.2) is 54.6 Å². The molecule has 204 valence electrons. The minimum absolute atomic E-state index is 0.00859. The summed E-state index contributed by atoms with van der Waals surface area (Å²) in [7, 11) is 3.43. The van der Waals surface area contributed by atoms with E-state index in [1.165, 1.54) is 4.90 Å². The van der Waals surface area contributed by atoms with Gasteiger partial charge in [-0.05, 0) is 43.2 Å². The summed E-state index contributed by atoms with van der Waals surface area (Å²) >= 11 is 6.12. The Morgan fingerprint density at radius 2 is 1.64 bits per heavy atom. The van der Waals surface area contributed by atoms with Gasteiger partial charge < -0.3 is 14.4 Å². The first-order valence-corrected chi connectivity index (χ1v) is 13.7. The van der Waals surface area contributed by atoms with Crippen molar-refractivity contribution < 1.29 is 14.4 Å². The largest absolute Gasteiger partial charge is 0.335 e. The zero-order valence-electron chi connectivity index (χ0n) is 22.3. The van der Waals surface area contributed by atoms with Crippen LogP contribution >= 0.6 is 11.6 Å². The predicted molar refractivity (Wildman–Crippen MR) is 152 cm³/mol. The number of imidazole rings is 1. The third kappa shape index (κ3) is 5.69. The maximum Gasteiger partial charge on any atom is 0.274 e. The van der Waals surface area contributed by atoms with Gasteiger partial charge in [0.25, 0.3) is 11.8 Å². The van der Waals surface area contributed by atoms with Gasteiger partial charge in [-0.25, -0.2) is 4.98 Å². The third-order valence-electron chi connectivity index (χ3n) is 7.49. The van der Waals surface area contributed by atoms with Gasteiger partial charge in [-0.1, -0.05) is 35.9 Å². The zero-order chi connectivity index (χ0) is 27.5. The van der Waals surface area contributed by atoms with Crippen molar-refractivity contribution in [3.8, 4) is 0 Å². The summed E-state index contributed by atoms with van der Waals surface area (Å²) in [5.74, 6) is 0.813. The summed E-state index contributed by atoms with van der Waals surface area (Å²) in [6.07, 6.45) is 2.73. The number of hydrogen-bond donors (Lipinski definition) is 0. The van der Waals surface area contributed by atoms with Gasteiger partial charge >= 0.3 is 0 Å². The van der Waals surface area contributed by atoms with E-state index in [0.29, 0.717) is 54.8 Å². The fourth-order valence-corrected chi connectivity index (χ4v) is 5.37. The highest BCUT2D eigenvalue weighted by atomic mass is 35.5. The van der Waals surface area contributed by atoms with Crippen molar-refractivity contribution in [3.63, 3.8) is 0 Å². The van der Waals surface area contributed by atoms with Gasteiger partial charge in [0, 0.05) is 69.5 Å². The lowest BCUT2D eigenvalue weighted by Crippen LogP contribution is -2.51. The Hall–Kier alpha value is -3.69. The number of piperazine rings is 1. The molecule has 9 nitrogen and oxygen atoms in total. The molecule has 0 saturated carbocycles. The van der Waals surface area contributed by atoms with Gasteiger partial charge in [0.2, 0.25) is 5.91 Å². The highest BCUT2D eigenvalue weighted by Gasteiger charge is 2.33. The van der Waals surface area contributed by atoms with E-state index in [0.717, 1.165) is 30.8 Å². The Kier molecular flexibility index (Phi) is 7.99. The van der Waals surface area contributed by atoms with Crippen molar-refractivity contribution in [2.75, 3.05) is 56.6 Å². The number of carbonyl (C=O) groups excluding carboxylic acids is 3. The average molecular weight is 549 g/mol. The van der Waals surface area contributed by atoms with E-state index in [-0.39, 0.29) is 24.3 Å². The summed E-state index contributed by atoms with van der Waals surface area (Å²) in [6.45, 7) is 3.15. The number of hydrogen-bond acceptors (Lipinski definition) is 5. The molecule has 3 aromatic rings. The van der Waals surface area contributed by atoms with Crippen molar-refractivity contribution in [2.45, 2.75) is 25.8 Å². The Labute approximate surface area is 233 Å². The summed E-state index contributed by atoms with van der Waals surface area (Å²) in [4.78, 5) is 51.8. The third-order valence-corrected chi connectivity index (χ3v) is 7.73. The van der Waals surface area contributed by atoms with E-state index in [4.69, 9.17) is 16.6 Å². The number of anilines is 2. The second-order valence-electron chi connectivity index (χ2n) is 10.0. The molecule has 2 aliphatic heterocycles. The van der Waals surface area contributed by atoms with E-state index in [1.54, 1.807) is 43.3 Å². The molecule has 0 spiro atoms. The van der Waals surface area contributed by atoms with Crippen LogP contribution in [0.1, 0.15) is 39.5 Å². The number of amides is 3. The van der Waals surface area contributed by atoms with E-state index in [9.17, 15) is 14.4 Å². The van der Waals surface area contributed by atoms with Crippen molar-refractivity contribution >= 4 is 40.8 Å². The molecular weight excluding hydrogens is 516 g/mol. The number of para-hydroxylation sites is 1. The average Bonchev–Trinajstić information content (AvgIpc) is 3.36. The maximum atomic E-state index is 13.9. The molecule has 10 heteroatoms. The fourth-order valence-electron chi connectivity index (χ4n) is 5.18. The zero-order valence-corrected chi connectivity index (χ0v) is 23.1. The standard InChI is InChI=1S/C29H33ClN6O3/c1-32(23-11-4-3-5-12-23)25(37)20-34-15-17-35(18-16-34)29(39)26-27(31-24-13-6-7-14-36(24)26)33(2)28(38)21-9-8-10-22(30)19-21/h3-5,8-12,19H,6-7,13-18,20H2,1-2H3. The fraction of sp³-hybridized carbons (Fsp3) is 0.379. The lowest BCUT2D eigenvalue weighted by atomic mass is 10.1. The molecule has 2 aliphatic rings. The van der Waals surface area contributed by atoms with Gasteiger partial charge in [-0.15, -0.1) is 0 Å². The van der Waals surface area contributed by atoms with Crippen molar-refractivity contribution in [2.24, 2.45) is 0 Å². The van der Waals surface area contributed by atoms with Crippen LogP contribution < -0.4 is 9.80 Å². The van der Waals surface area contributed by atoms with E-state index < -0.39 is 0 Å². The summed E-state index contributed by atoms with van der Waals surface area (Å²) in [5, 5.41) is 0.473. The quantitative estimate of drug-likeness (QED) is 0.470. The number of halogens is 1. The van der Waals surface area contributed by atoms with E-state index >= 15 is 0 Å². The molecule has 0 radical (unpaired) electrons. The Bertz CT molecular complexity index is 1370. The van der Waals surface area contributed by atoms with Crippen LogP contribution in [-0.2, 0) is 17.8 Å². The van der Waals surface area contributed by atoms with Gasteiger partial charge in [-0.3, -0.25) is 24.2 Å². The van der Waals surface area contributed by atoms with Gasteiger partial charge in [-0.2, -0.15) is 0 Å². The predicted octanol–water partition coefficient (Wildman–Crippen LogP) is 3.57. The summed E-state index contributed by atoms with van der Waals surface area (Å²) < 4.78 is 1.98. The molecule has 1 aromatic heterocycles. The topological polar surface area (TPSA) is 82.0 Å². The first-order valence-electron chi connectivity index (χ1n) is 13.3. The minimum Gasteiger partial charge on any atom is -0.335 e. The number of rotatable bonds is 6. The summed E-state index contributed by atoms with van der Waals surface area (Å²) in [6, 6.07) is 16.3. The van der Waals surface area contributed by atoms with Crippen molar-refractivity contribution in [1.29, 1.82) is 0 Å². The molecule has 39 heavy (non-hydrogen) atoms. The second-order valence-corrected chi connectivity index (χ2v) is 10.5. The Morgan fingerprint density at radius 1 is 0.897 bits per heavy atom. The SMILES string of the molecule is CN(C(=O)CN1CCN(C(=O)c2c(N(C)C(=O)c3cccc(Cl)c3)nc3n2CCCC3)CC1)c1ccccc1. The molecule has 1 saturated heterocycles. The molecule has 0 bridgehead atoms. The van der Waals surface area contributed by atoms with Crippen LogP contribution in [0.4, 0.5) is 11.5 Å². The van der Waals surface area contributed by atoms with Crippen LogP contribution in [0.25, 0.3) is 0 Å². The van der Waals surface area contributed by atoms with Crippen LogP contribution in [0.2, 0.25) is 5.02 Å². The second kappa shape index (κ2) is 11.6. The van der Waals surface area contributed by atoms with Gasteiger partial charge in [0.1, 0.15) is 5.82 Å². The van der Waals surface area contributed by atoms with Crippen LogP contribution in [0.3, 0.4) is 0 Å². The first-order chi connectivity index (χ1) is 18.8. The molecule has 3 heterocycles. The molecule has 0 unspecified atom stereocenters. The van der Waals surface area contributed by atoms with Gasteiger partial charge in [0.15, 0.2) is 11.5 Å². The van der Waals surface area contributed by atoms with Crippen LogP contribution in [0.5, 0.6) is 0 Å². The lowest BCUT2D eigenvalue weighted by molar-refractivity contribution is -0.119. The van der Waals surface area contributed by atoms with Crippen LogP contribution in [-0.4, -0.2) is 83.9 Å². The first kappa shape index (κ1) is 26.9. The monoisotopic (exact) mass is 548 g/mol. The van der Waals surface area contributed by atoms with Crippen molar-refractivity contribution in [1.82, 2.24) is 19.4 Å². The van der Waals surface area contributed by atoms with Gasteiger partial charge in [0.05, 0.1) is 6.54 Å². The molecule has 0 atom stereocenters. The minimum atomic E-state index is -0.270. The molecule has 3 amide bonds. The number of carbonyl (C=O) groups is 3. The number of fused-ring (bicyclic) bond motifs is 1. The molecular formula is C29H33ClN6O3. The normalized spacial score (nSPS) is 15.5. The molecule has 2 aromatic carbocycles. The lowest BCUT2D eigenvalue weighted by Gasteiger charge is -2.35. The Balaban J connectivity index is 1.30. The number of aryl methyl sites for hydroxylation is 1. The molecule has 0 aliphatic carbocycles. The number of benzene rings is 2. The number of likely N-dealkylation sites (N-methyl/N-ethyl adjacent to an activating group) is 1. The molecule has 5 rings (SSSR count). The van der Waals surface area contributed by atoms with E-state index in [2.05, 4.69) is 4.90 Å². The molecule has 1 fully saturated rings. The summed E-state index contributed by atoms with van der Waals surface area (Å²) in [5.41, 5.74) is 1.75. The Morgan fingerprint density at radius 3 is 2.36 bits per heavy atom. The van der Waals surface area contributed by atoms with E-state index in [1.807, 2.05) is 39.8 Å². The van der Waals surface area contributed by atoms with Crippen molar-refractivity contribution in [3.05, 3.63) is 76.7 Å². The molecule has 0 N–H and O–H groups in total. The number of nitrogens with zero attached hydrogens (tertiary/aromatic N) is 6. The van der Waals surface area contributed by atoms with Crippen LogP contribution in [0, 0.1) is 0 Å². The smallest absolute Gasteiger partial charge is 0.274 e. The highest BCUT2D eigenvalue weighted by Crippen LogP contribution is 2.28. The number of aromatic nitrogens is 2. The highest BCUT2D eigenvalue weighted by molar-refractivity contribution is 6.31.